The number of nitrogens with zero attached hydrogens (tertiary/aromatic N) is 3. The number of benzene rings is 1. The fourth-order valence-electron chi connectivity index (χ4n) is 1.81. The molecule has 3 aromatic rings. The number of halogens is 5. The fourth-order valence-corrected chi connectivity index (χ4v) is 1.90. The molecule has 0 unspecified atom stereocenters. The molecule has 0 saturated carbocycles. The van der Waals surface area contributed by atoms with Crippen LogP contribution in [0.1, 0.15) is 5.69 Å². The van der Waals surface area contributed by atoms with Crippen LogP contribution in [0.5, 0.6) is 11.8 Å². The Balaban J connectivity index is 2.01. The summed E-state index contributed by atoms with van der Waals surface area (Å²) in [6.45, 7) is 0. The van der Waals surface area contributed by atoms with E-state index in [1.54, 1.807) is 0 Å². The van der Waals surface area contributed by atoms with Crippen molar-refractivity contribution in [2.24, 2.45) is 0 Å². The summed E-state index contributed by atoms with van der Waals surface area (Å²) in [5.74, 6) is -1.43. The van der Waals surface area contributed by atoms with Crippen LogP contribution in [0.3, 0.4) is 0 Å². The summed E-state index contributed by atoms with van der Waals surface area (Å²) in [6, 6.07) is 4.09. The second-order valence-electron chi connectivity index (χ2n) is 4.47. The van der Waals surface area contributed by atoms with Crippen molar-refractivity contribution in [1.29, 1.82) is 0 Å². The summed E-state index contributed by atoms with van der Waals surface area (Å²) in [6.07, 6.45) is -2.22. The zero-order chi connectivity index (χ0) is 17.3. The minimum atomic E-state index is -4.71. The van der Waals surface area contributed by atoms with E-state index in [1.165, 1.54) is 24.5 Å². The SMILES string of the molecule is Fc1cccc(Oc2ncc(Cl)cn2)c1-c1cc(C(F)(F)F)no1. The highest BCUT2D eigenvalue weighted by Crippen LogP contribution is 2.37. The summed E-state index contributed by atoms with van der Waals surface area (Å²) in [7, 11) is 0. The summed E-state index contributed by atoms with van der Waals surface area (Å²) in [5, 5.41) is 3.15. The monoisotopic (exact) mass is 359 g/mol. The Morgan fingerprint density at radius 2 is 1.83 bits per heavy atom. The molecular weight excluding hydrogens is 354 g/mol. The molecule has 5 nitrogen and oxygen atoms in total. The molecule has 0 atom stereocenters. The first-order valence-corrected chi connectivity index (χ1v) is 6.70. The molecule has 0 aliphatic carbocycles. The Labute approximate surface area is 136 Å². The Morgan fingerprint density at radius 1 is 1.12 bits per heavy atom. The van der Waals surface area contributed by atoms with E-state index in [0.29, 0.717) is 6.07 Å². The summed E-state index contributed by atoms with van der Waals surface area (Å²) in [5.41, 5.74) is -1.62. The molecule has 0 amide bonds. The lowest BCUT2D eigenvalue weighted by Crippen LogP contribution is -2.04. The first kappa shape index (κ1) is 16.2. The van der Waals surface area contributed by atoms with Crippen LogP contribution in [0, 0.1) is 5.82 Å². The zero-order valence-electron chi connectivity index (χ0n) is 11.5. The van der Waals surface area contributed by atoms with Gasteiger partial charge >= 0.3 is 12.2 Å². The molecule has 124 valence electrons. The molecule has 0 N–H and O–H groups in total. The van der Waals surface area contributed by atoms with Gasteiger partial charge in [-0.25, -0.2) is 14.4 Å². The van der Waals surface area contributed by atoms with E-state index in [1.807, 2.05) is 0 Å². The minimum absolute atomic E-state index is 0.137. The van der Waals surface area contributed by atoms with Gasteiger partial charge in [0.15, 0.2) is 11.5 Å². The summed E-state index contributed by atoms with van der Waals surface area (Å²) in [4.78, 5) is 7.54. The molecule has 0 aliphatic rings. The standard InChI is InChI=1S/C14H6ClF4N3O2/c15-7-5-20-13(21-6-7)23-9-3-1-2-8(16)12(9)10-4-11(22-24-10)14(17,18)19/h1-6H. The average Bonchev–Trinajstić information content (AvgIpc) is 2.99. The second kappa shape index (κ2) is 6.08. The van der Waals surface area contributed by atoms with Crippen LogP contribution in [0.25, 0.3) is 11.3 Å². The van der Waals surface area contributed by atoms with E-state index in [-0.39, 0.29) is 22.3 Å². The third-order valence-corrected chi connectivity index (χ3v) is 3.02. The normalized spacial score (nSPS) is 11.5. The van der Waals surface area contributed by atoms with E-state index in [0.717, 1.165) is 6.07 Å². The van der Waals surface area contributed by atoms with Crippen LogP contribution in [-0.2, 0) is 6.18 Å². The van der Waals surface area contributed by atoms with E-state index in [2.05, 4.69) is 19.6 Å². The predicted octanol–water partition coefficient (Wildman–Crippen LogP) is 4.74. The molecule has 0 radical (unpaired) electrons. The lowest BCUT2D eigenvalue weighted by molar-refractivity contribution is -0.142. The summed E-state index contributed by atoms with van der Waals surface area (Å²) >= 11 is 5.64. The molecular formula is C14H6ClF4N3O2. The summed E-state index contributed by atoms with van der Waals surface area (Å²) < 4.78 is 61.9. The predicted molar refractivity (Wildman–Crippen MR) is 74.0 cm³/mol. The molecule has 1 aromatic carbocycles. The van der Waals surface area contributed by atoms with Crippen molar-refractivity contribution < 1.29 is 26.8 Å². The van der Waals surface area contributed by atoms with Crippen LogP contribution in [0.15, 0.2) is 41.2 Å². The molecule has 0 spiro atoms. The van der Waals surface area contributed by atoms with Crippen molar-refractivity contribution in [2.75, 3.05) is 0 Å². The highest BCUT2D eigenvalue weighted by Gasteiger charge is 2.35. The fraction of sp³-hybridized carbons (Fsp3) is 0.0714. The van der Waals surface area contributed by atoms with Gasteiger partial charge in [0.25, 0.3) is 0 Å². The van der Waals surface area contributed by atoms with Gasteiger partial charge in [-0.2, -0.15) is 13.2 Å². The quantitative estimate of drug-likeness (QED) is 0.632. The molecule has 0 saturated heterocycles. The van der Waals surface area contributed by atoms with Gasteiger partial charge in [0.05, 0.1) is 23.0 Å². The van der Waals surface area contributed by atoms with Crippen molar-refractivity contribution >= 4 is 11.6 Å². The van der Waals surface area contributed by atoms with Gasteiger partial charge in [0.1, 0.15) is 11.6 Å². The number of rotatable bonds is 3. The highest BCUT2D eigenvalue weighted by atomic mass is 35.5. The first-order valence-electron chi connectivity index (χ1n) is 6.33. The van der Waals surface area contributed by atoms with Crippen LogP contribution in [0.2, 0.25) is 5.02 Å². The van der Waals surface area contributed by atoms with Gasteiger partial charge in [0.2, 0.25) is 0 Å². The van der Waals surface area contributed by atoms with Crippen molar-refractivity contribution in [3.05, 3.63) is 53.2 Å². The molecule has 10 heteroatoms. The van der Waals surface area contributed by atoms with Gasteiger partial charge in [0, 0.05) is 6.07 Å². The maximum Gasteiger partial charge on any atom is 0.436 e. The number of hydrogen-bond donors (Lipinski definition) is 0. The van der Waals surface area contributed by atoms with Crippen molar-refractivity contribution in [2.45, 2.75) is 6.18 Å². The highest BCUT2D eigenvalue weighted by molar-refractivity contribution is 6.30. The number of hydrogen-bond acceptors (Lipinski definition) is 5. The number of ether oxygens (including phenoxy) is 1. The van der Waals surface area contributed by atoms with Crippen molar-refractivity contribution in [3.8, 4) is 23.1 Å². The number of aromatic nitrogens is 3. The van der Waals surface area contributed by atoms with E-state index in [9.17, 15) is 17.6 Å². The van der Waals surface area contributed by atoms with Crippen LogP contribution in [-0.4, -0.2) is 15.1 Å². The molecule has 24 heavy (non-hydrogen) atoms. The second-order valence-corrected chi connectivity index (χ2v) is 4.91. The number of alkyl halides is 3. The molecule has 0 bridgehead atoms. The van der Waals surface area contributed by atoms with Crippen LogP contribution < -0.4 is 4.74 Å². The van der Waals surface area contributed by atoms with Gasteiger partial charge < -0.3 is 9.26 Å². The molecule has 2 heterocycles. The Kier molecular flexibility index (Phi) is 4.10. The maximum absolute atomic E-state index is 14.1. The average molecular weight is 360 g/mol. The third-order valence-electron chi connectivity index (χ3n) is 2.82. The smallest absolute Gasteiger partial charge is 0.423 e. The van der Waals surface area contributed by atoms with E-state index in [4.69, 9.17) is 16.3 Å². The molecule has 2 aromatic heterocycles. The van der Waals surface area contributed by atoms with Crippen LogP contribution >= 0.6 is 11.6 Å². The third kappa shape index (κ3) is 3.30. The van der Waals surface area contributed by atoms with Gasteiger partial charge in [-0.1, -0.05) is 22.8 Å². The molecule has 3 rings (SSSR count). The first-order chi connectivity index (χ1) is 11.3. The lowest BCUT2D eigenvalue weighted by Gasteiger charge is -2.08. The topological polar surface area (TPSA) is 61.0 Å². The minimum Gasteiger partial charge on any atom is -0.423 e. The van der Waals surface area contributed by atoms with E-state index < -0.39 is 23.4 Å². The zero-order valence-corrected chi connectivity index (χ0v) is 12.3. The van der Waals surface area contributed by atoms with Gasteiger partial charge in [-0.15, -0.1) is 0 Å². The molecule has 0 aliphatic heterocycles. The largest absolute Gasteiger partial charge is 0.436 e. The van der Waals surface area contributed by atoms with E-state index >= 15 is 0 Å². The van der Waals surface area contributed by atoms with Crippen molar-refractivity contribution in [1.82, 2.24) is 15.1 Å². The Hall–Kier alpha value is -2.68. The Morgan fingerprint density at radius 3 is 2.46 bits per heavy atom. The maximum atomic E-state index is 14.1. The lowest BCUT2D eigenvalue weighted by atomic mass is 10.1. The molecule has 0 fully saturated rings. The van der Waals surface area contributed by atoms with Crippen LogP contribution in [0.4, 0.5) is 17.6 Å². The Bertz CT molecular complexity index is 865. The van der Waals surface area contributed by atoms with Crippen molar-refractivity contribution in [3.63, 3.8) is 0 Å². The van der Waals surface area contributed by atoms with Gasteiger partial charge in [-0.05, 0) is 12.1 Å². The van der Waals surface area contributed by atoms with Gasteiger partial charge in [-0.3, -0.25) is 0 Å².